The predicted octanol–water partition coefficient (Wildman–Crippen LogP) is 1.85. The van der Waals surface area contributed by atoms with Gasteiger partial charge in [0.15, 0.2) is 5.03 Å². The van der Waals surface area contributed by atoms with Crippen LogP contribution in [-0.4, -0.2) is 46.5 Å². The van der Waals surface area contributed by atoms with Gasteiger partial charge in [-0.05, 0) is 19.3 Å². The summed E-state index contributed by atoms with van der Waals surface area (Å²) in [4.78, 5) is 7.05. The van der Waals surface area contributed by atoms with Gasteiger partial charge >= 0.3 is 0 Å². The molecule has 0 aromatic carbocycles. The lowest BCUT2D eigenvalue weighted by Gasteiger charge is -2.36. The average Bonchev–Trinajstić information content (AvgIpc) is 2.97. The summed E-state index contributed by atoms with van der Waals surface area (Å²) in [7, 11) is -3.62. The molecule has 0 saturated carbocycles. The molecular weight excluding hydrogens is 290 g/mol. The summed E-state index contributed by atoms with van der Waals surface area (Å²) < 4.78 is 27.0. The Bertz CT molecular complexity index is 568. The minimum absolute atomic E-state index is 0.126. The fourth-order valence-electron chi connectivity index (χ4n) is 2.76. The summed E-state index contributed by atoms with van der Waals surface area (Å²) >= 11 is 0. The van der Waals surface area contributed by atoms with E-state index >= 15 is 0 Å². The zero-order chi connectivity index (χ0) is 15.6. The van der Waals surface area contributed by atoms with E-state index in [1.54, 1.807) is 0 Å². The molecule has 1 saturated heterocycles. The number of nitrogens with zero attached hydrogens (tertiary/aromatic N) is 2. The van der Waals surface area contributed by atoms with Gasteiger partial charge in [-0.2, -0.15) is 4.31 Å². The minimum atomic E-state index is -3.62. The van der Waals surface area contributed by atoms with Crippen LogP contribution in [0.25, 0.3) is 0 Å². The molecule has 1 fully saturated rings. The van der Waals surface area contributed by atoms with Gasteiger partial charge in [-0.25, -0.2) is 13.4 Å². The van der Waals surface area contributed by atoms with Gasteiger partial charge < -0.3 is 10.1 Å². The maximum absolute atomic E-state index is 12.8. The summed E-state index contributed by atoms with van der Waals surface area (Å²) in [5.41, 5.74) is 0. The highest BCUT2D eigenvalue weighted by molar-refractivity contribution is 7.89. The highest BCUT2D eigenvalue weighted by Crippen LogP contribution is 2.27. The maximum Gasteiger partial charge on any atom is 0.260 e. The molecule has 1 aliphatic rings. The van der Waals surface area contributed by atoms with Crippen molar-refractivity contribution in [3.05, 3.63) is 12.0 Å². The van der Waals surface area contributed by atoms with Crippen LogP contribution in [0.4, 0.5) is 0 Å². The topological polar surface area (TPSA) is 86.3 Å². The molecule has 0 aliphatic carbocycles. The van der Waals surface area contributed by atoms with Crippen molar-refractivity contribution in [1.29, 1.82) is 0 Å². The van der Waals surface area contributed by atoms with Crippen LogP contribution in [0.15, 0.2) is 11.2 Å². The van der Waals surface area contributed by atoms with Gasteiger partial charge in [0, 0.05) is 12.5 Å². The first-order valence-electron chi connectivity index (χ1n) is 7.62. The maximum atomic E-state index is 12.8. The van der Waals surface area contributed by atoms with E-state index in [9.17, 15) is 13.5 Å². The molecule has 0 spiro atoms. The van der Waals surface area contributed by atoms with Crippen molar-refractivity contribution in [3.63, 3.8) is 0 Å². The Hall–Kier alpha value is -0.920. The fraction of sp³-hybridized carbons (Fsp3) is 0.786. The number of aliphatic hydroxyl groups excluding tert-OH is 1. The third-order valence-electron chi connectivity index (χ3n) is 4.07. The van der Waals surface area contributed by atoms with E-state index in [4.69, 9.17) is 0 Å². The number of sulfonamides is 1. The first kappa shape index (κ1) is 16.5. The molecule has 7 heteroatoms. The normalized spacial score (nSPS) is 22.6. The number of aromatic nitrogens is 2. The number of aliphatic hydroxyl groups is 1. The van der Waals surface area contributed by atoms with Gasteiger partial charge in [0.1, 0.15) is 5.82 Å². The van der Waals surface area contributed by atoms with Gasteiger partial charge in [0.05, 0.1) is 18.3 Å². The largest absolute Gasteiger partial charge is 0.391 e. The monoisotopic (exact) mass is 315 g/mol. The molecule has 0 bridgehead atoms. The van der Waals surface area contributed by atoms with Crippen molar-refractivity contribution in [1.82, 2.24) is 14.3 Å². The van der Waals surface area contributed by atoms with Crippen LogP contribution < -0.4 is 0 Å². The number of H-pyrrole nitrogens is 1. The number of hydrogen-bond acceptors (Lipinski definition) is 4. The summed E-state index contributed by atoms with van der Waals surface area (Å²) in [6.45, 7) is 6.25. The lowest BCUT2D eigenvalue weighted by Crippen LogP contribution is -2.49. The van der Waals surface area contributed by atoms with Gasteiger partial charge in [0.25, 0.3) is 10.0 Å². The molecule has 0 amide bonds. The standard InChI is InChI=1S/C14H25N3O3S/c1-4-12(18)11-7-5-6-8-17(11)21(19,20)13-9-15-14(16-13)10(2)3/h9-12,18H,4-8H2,1-3H3,(H,15,16). The Morgan fingerprint density at radius 2 is 2.19 bits per heavy atom. The van der Waals surface area contributed by atoms with E-state index in [1.807, 2.05) is 20.8 Å². The van der Waals surface area contributed by atoms with Crippen molar-refractivity contribution >= 4 is 10.0 Å². The Kier molecular flexibility index (Phi) is 5.06. The number of aromatic amines is 1. The van der Waals surface area contributed by atoms with Crippen molar-refractivity contribution in [2.45, 2.75) is 69.5 Å². The first-order chi connectivity index (χ1) is 9.87. The molecule has 1 aromatic heterocycles. The molecule has 2 N–H and O–H groups in total. The van der Waals surface area contributed by atoms with Gasteiger partial charge in [-0.15, -0.1) is 0 Å². The van der Waals surface area contributed by atoms with Crippen LogP contribution in [0, 0.1) is 0 Å². The predicted molar refractivity (Wildman–Crippen MR) is 80.5 cm³/mol. The van der Waals surface area contributed by atoms with Crippen LogP contribution in [-0.2, 0) is 10.0 Å². The van der Waals surface area contributed by atoms with Crippen molar-refractivity contribution < 1.29 is 13.5 Å². The summed E-state index contributed by atoms with van der Waals surface area (Å²) in [6, 6.07) is -0.334. The molecular formula is C14H25N3O3S. The zero-order valence-corrected chi connectivity index (χ0v) is 13.7. The second-order valence-electron chi connectivity index (χ2n) is 5.94. The van der Waals surface area contributed by atoms with Gasteiger partial charge in [-0.1, -0.05) is 27.2 Å². The number of nitrogens with one attached hydrogen (secondary N) is 1. The van der Waals surface area contributed by atoms with Gasteiger partial charge in [-0.3, -0.25) is 0 Å². The number of hydrogen-bond donors (Lipinski definition) is 2. The SMILES string of the molecule is CCC(O)C1CCCCN1S(=O)(=O)c1cnc(C(C)C)[nH]1. The lowest BCUT2D eigenvalue weighted by atomic mass is 9.98. The van der Waals surface area contributed by atoms with Crippen LogP contribution in [0.3, 0.4) is 0 Å². The summed E-state index contributed by atoms with van der Waals surface area (Å²) in [6.07, 6.45) is 3.81. The average molecular weight is 315 g/mol. The number of imidazole rings is 1. The Labute approximate surface area is 126 Å². The molecule has 1 aliphatic heterocycles. The third-order valence-corrected chi connectivity index (χ3v) is 5.90. The smallest absolute Gasteiger partial charge is 0.260 e. The molecule has 120 valence electrons. The Balaban J connectivity index is 2.31. The number of rotatable bonds is 5. The zero-order valence-electron chi connectivity index (χ0n) is 12.9. The van der Waals surface area contributed by atoms with Crippen LogP contribution in [0.1, 0.15) is 58.2 Å². The fourth-order valence-corrected chi connectivity index (χ4v) is 4.40. The quantitative estimate of drug-likeness (QED) is 0.868. The van der Waals surface area contributed by atoms with Crippen LogP contribution in [0.5, 0.6) is 0 Å². The molecule has 2 rings (SSSR count). The molecule has 2 heterocycles. The highest BCUT2D eigenvalue weighted by atomic mass is 32.2. The second kappa shape index (κ2) is 6.46. The van der Waals surface area contributed by atoms with E-state index in [0.717, 1.165) is 12.8 Å². The first-order valence-corrected chi connectivity index (χ1v) is 9.06. The summed E-state index contributed by atoms with van der Waals surface area (Å²) in [5.74, 6) is 0.811. The Morgan fingerprint density at radius 3 is 2.76 bits per heavy atom. The van der Waals surface area contributed by atoms with E-state index in [0.29, 0.717) is 25.2 Å². The van der Waals surface area contributed by atoms with Crippen molar-refractivity contribution in [2.75, 3.05) is 6.54 Å². The third kappa shape index (κ3) is 3.30. The van der Waals surface area contributed by atoms with Crippen molar-refractivity contribution in [3.8, 4) is 0 Å². The lowest BCUT2D eigenvalue weighted by molar-refractivity contribution is 0.0666. The van der Waals surface area contributed by atoms with Crippen LogP contribution in [0.2, 0.25) is 0 Å². The summed E-state index contributed by atoms with van der Waals surface area (Å²) in [5, 5.41) is 10.3. The second-order valence-corrected chi connectivity index (χ2v) is 7.80. The molecule has 2 unspecified atom stereocenters. The van der Waals surface area contributed by atoms with E-state index in [1.165, 1.54) is 10.5 Å². The van der Waals surface area contributed by atoms with Gasteiger partial charge in [0.2, 0.25) is 0 Å². The molecule has 0 radical (unpaired) electrons. The minimum Gasteiger partial charge on any atom is -0.391 e. The van der Waals surface area contributed by atoms with Crippen molar-refractivity contribution in [2.24, 2.45) is 0 Å². The molecule has 21 heavy (non-hydrogen) atoms. The molecule has 6 nitrogen and oxygen atoms in total. The van der Waals surface area contributed by atoms with E-state index < -0.39 is 16.1 Å². The highest BCUT2D eigenvalue weighted by Gasteiger charge is 2.37. The molecule has 2 atom stereocenters. The van der Waals surface area contributed by atoms with Crippen LogP contribution >= 0.6 is 0 Å². The molecule has 1 aromatic rings. The van der Waals surface area contributed by atoms with E-state index in [2.05, 4.69) is 9.97 Å². The Morgan fingerprint density at radius 1 is 1.48 bits per heavy atom. The number of piperidine rings is 1. The van der Waals surface area contributed by atoms with E-state index in [-0.39, 0.29) is 17.0 Å².